The maximum Gasteiger partial charge on any atom is 0.0627 e. The van der Waals surface area contributed by atoms with Gasteiger partial charge in [0.15, 0.2) is 0 Å². The van der Waals surface area contributed by atoms with Gasteiger partial charge in [0.05, 0.1) is 5.71 Å². The summed E-state index contributed by atoms with van der Waals surface area (Å²) in [6, 6.07) is 0. The van der Waals surface area contributed by atoms with Gasteiger partial charge in [-0.1, -0.05) is 32.9 Å². The zero-order valence-corrected chi connectivity index (χ0v) is 11.8. The Balaban J connectivity index is 2.42. The minimum Gasteiger partial charge on any atom is -0.411 e. The van der Waals surface area contributed by atoms with Crippen LogP contribution in [0.1, 0.15) is 47.0 Å². The van der Waals surface area contributed by atoms with Crippen LogP contribution in [0.3, 0.4) is 0 Å². The quantitative estimate of drug-likeness (QED) is 0.591. The van der Waals surface area contributed by atoms with E-state index in [9.17, 15) is 0 Å². The summed E-state index contributed by atoms with van der Waals surface area (Å²) in [7, 11) is 0. The summed E-state index contributed by atoms with van der Waals surface area (Å²) in [5.74, 6) is 2.01. The highest BCUT2D eigenvalue weighted by Crippen LogP contribution is 2.20. The van der Waals surface area contributed by atoms with Crippen molar-refractivity contribution in [2.24, 2.45) is 22.9 Å². The molecule has 0 aromatic heterocycles. The normalized spacial score (nSPS) is 26.6. The second kappa shape index (κ2) is 7.00. The van der Waals surface area contributed by atoms with E-state index in [-0.39, 0.29) is 0 Å². The first-order chi connectivity index (χ1) is 8.06. The lowest BCUT2D eigenvalue weighted by Gasteiger charge is -2.34. The lowest BCUT2D eigenvalue weighted by molar-refractivity contribution is 0.192. The van der Waals surface area contributed by atoms with Crippen LogP contribution in [-0.2, 0) is 0 Å². The van der Waals surface area contributed by atoms with Crippen LogP contribution in [-0.4, -0.2) is 35.5 Å². The Kier molecular flexibility index (Phi) is 5.96. The topological polar surface area (TPSA) is 35.8 Å². The van der Waals surface area contributed by atoms with Crippen molar-refractivity contribution in [1.82, 2.24) is 4.90 Å². The van der Waals surface area contributed by atoms with Crippen molar-refractivity contribution < 1.29 is 5.21 Å². The van der Waals surface area contributed by atoms with Crippen LogP contribution in [0.2, 0.25) is 0 Å². The highest BCUT2D eigenvalue weighted by Gasteiger charge is 2.25. The van der Waals surface area contributed by atoms with Gasteiger partial charge in [-0.15, -0.1) is 0 Å². The van der Waals surface area contributed by atoms with Crippen molar-refractivity contribution in [2.45, 2.75) is 47.0 Å². The fourth-order valence-electron chi connectivity index (χ4n) is 2.97. The monoisotopic (exact) mass is 240 g/mol. The molecule has 0 saturated carbocycles. The maximum atomic E-state index is 8.95. The number of nitrogens with zero attached hydrogens (tertiary/aromatic N) is 2. The molecule has 1 aliphatic heterocycles. The Hall–Kier alpha value is -0.570. The van der Waals surface area contributed by atoms with E-state index in [1.165, 1.54) is 13.0 Å². The van der Waals surface area contributed by atoms with Gasteiger partial charge in [0.25, 0.3) is 0 Å². The van der Waals surface area contributed by atoms with E-state index in [0.29, 0.717) is 5.92 Å². The van der Waals surface area contributed by atoms with Gasteiger partial charge in [0.2, 0.25) is 0 Å². The Labute approximate surface area is 106 Å². The van der Waals surface area contributed by atoms with Crippen LogP contribution in [0.25, 0.3) is 0 Å². The summed E-state index contributed by atoms with van der Waals surface area (Å²) in [4.78, 5) is 2.54. The fraction of sp³-hybridized carbons (Fsp3) is 0.929. The highest BCUT2D eigenvalue weighted by atomic mass is 16.4. The van der Waals surface area contributed by atoms with E-state index in [1.54, 1.807) is 0 Å². The van der Waals surface area contributed by atoms with Gasteiger partial charge in [-0.3, -0.25) is 0 Å². The van der Waals surface area contributed by atoms with Gasteiger partial charge in [-0.2, -0.15) is 0 Å². The molecule has 1 N–H and O–H groups in total. The van der Waals surface area contributed by atoms with Gasteiger partial charge >= 0.3 is 0 Å². The van der Waals surface area contributed by atoms with E-state index in [2.05, 4.69) is 37.8 Å². The van der Waals surface area contributed by atoms with Gasteiger partial charge < -0.3 is 10.1 Å². The molecule has 17 heavy (non-hydrogen) atoms. The molecular weight excluding hydrogens is 212 g/mol. The molecule has 2 atom stereocenters. The average molecular weight is 240 g/mol. The summed E-state index contributed by atoms with van der Waals surface area (Å²) in [5.41, 5.74) is 1.00. The molecule has 0 spiro atoms. The SMILES string of the molecule is CCC1CN(CC(C)CC(C)C)CCC1=NO. The van der Waals surface area contributed by atoms with Gasteiger partial charge in [-0.05, 0) is 24.7 Å². The van der Waals surface area contributed by atoms with Crippen molar-refractivity contribution in [3.05, 3.63) is 0 Å². The number of hydrogen-bond donors (Lipinski definition) is 1. The van der Waals surface area contributed by atoms with Gasteiger partial charge in [0.1, 0.15) is 0 Å². The van der Waals surface area contributed by atoms with Gasteiger partial charge in [0, 0.05) is 32.0 Å². The summed E-state index contributed by atoms with van der Waals surface area (Å²) >= 11 is 0. The van der Waals surface area contributed by atoms with Gasteiger partial charge in [-0.25, -0.2) is 0 Å². The van der Waals surface area contributed by atoms with E-state index in [0.717, 1.165) is 43.5 Å². The number of oxime groups is 1. The van der Waals surface area contributed by atoms with E-state index < -0.39 is 0 Å². The summed E-state index contributed by atoms with van der Waals surface area (Å²) < 4.78 is 0. The molecule has 0 radical (unpaired) electrons. The number of likely N-dealkylation sites (tertiary alicyclic amines) is 1. The summed E-state index contributed by atoms with van der Waals surface area (Å²) in [6.45, 7) is 12.4. The third kappa shape index (κ3) is 4.66. The number of piperidine rings is 1. The predicted octanol–water partition coefficient (Wildman–Crippen LogP) is 3.23. The molecule has 1 saturated heterocycles. The zero-order chi connectivity index (χ0) is 12.8. The van der Waals surface area contributed by atoms with Crippen molar-refractivity contribution in [3.8, 4) is 0 Å². The third-order valence-corrected chi connectivity index (χ3v) is 3.70. The molecule has 1 rings (SSSR count). The van der Waals surface area contributed by atoms with Crippen LogP contribution in [0, 0.1) is 17.8 Å². The average Bonchev–Trinajstić information content (AvgIpc) is 2.27. The summed E-state index contributed by atoms with van der Waals surface area (Å²) in [6.07, 6.45) is 3.31. The number of hydrogen-bond acceptors (Lipinski definition) is 3. The van der Waals surface area contributed by atoms with Crippen LogP contribution < -0.4 is 0 Å². The predicted molar refractivity (Wildman–Crippen MR) is 72.7 cm³/mol. The second-order valence-corrected chi connectivity index (χ2v) is 5.94. The minimum absolute atomic E-state index is 0.458. The minimum atomic E-state index is 0.458. The largest absolute Gasteiger partial charge is 0.411 e. The first-order valence-corrected chi connectivity index (χ1v) is 6.99. The third-order valence-electron chi connectivity index (χ3n) is 3.70. The van der Waals surface area contributed by atoms with E-state index in [4.69, 9.17) is 5.21 Å². The van der Waals surface area contributed by atoms with E-state index in [1.807, 2.05) is 0 Å². The Morgan fingerprint density at radius 2 is 2.12 bits per heavy atom. The Bertz CT molecular complexity index is 251. The van der Waals surface area contributed by atoms with Crippen LogP contribution in [0.15, 0.2) is 5.16 Å². The van der Waals surface area contributed by atoms with Crippen molar-refractivity contribution in [1.29, 1.82) is 0 Å². The highest BCUT2D eigenvalue weighted by molar-refractivity contribution is 5.87. The molecule has 0 aromatic rings. The molecule has 0 aromatic carbocycles. The molecule has 0 amide bonds. The molecule has 2 unspecified atom stereocenters. The molecule has 1 aliphatic rings. The lowest BCUT2D eigenvalue weighted by Crippen LogP contribution is -2.42. The Morgan fingerprint density at radius 3 is 2.65 bits per heavy atom. The maximum absolute atomic E-state index is 8.95. The standard InChI is InChI=1S/C14H28N2O/c1-5-13-10-16(7-6-14(13)15-17)9-12(4)8-11(2)3/h11-13,17H,5-10H2,1-4H3. The van der Waals surface area contributed by atoms with Crippen LogP contribution in [0.4, 0.5) is 0 Å². The molecular formula is C14H28N2O. The second-order valence-electron chi connectivity index (χ2n) is 5.94. The van der Waals surface area contributed by atoms with Crippen molar-refractivity contribution >= 4 is 5.71 Å². The smallest absolute Gasteiger partial charge is 0.0627 e. The molecule has 100 valence electrons. The molecule has 1 heterocycles. The van der Waals surface area contributed by atoms with Crippen LogP contribution >= 0.6 is 0 Å². The lowest BCUT2D eigenvalue weighted by atomic mass is 9.91. The number of rotatable bonds is 5. The zero-order valence-electron chi connectivity index (χ0n) is 11.8. The van der Waals surface area contributed by atoms with E-state index >= 15 is 0 Å². The Morgan fingerprint density at radius 1 is 1.41 bits per heavy atom. The van der Waals surface area contributed by atoms with Crippen molar-refractivity contribution in [2.75, 3.05) is 19.6 Å². The molecule has 0 aliphatic carbocycles. The summed E-state index contributed by atoms with van der Waals surface area (Å²) in [5, 5.41) is 12.4. The molecule has 3 nitrogen and oxygen atoms in total. The molecule has 0 bridgehead atoms. The fourth-order valence-corrected chi connectivity index (χ4v) is 2.97. The molecule has 3 heteroatoms. The van der Waals surface area contributed by atoms with Crippen LogP contribution in [0.5, 0.6) is 0 Å². The van der Waals surface area contributed by atoms with Crippen molar-refractivity contribution in [3.63, 3.8) is 0 Å². The first-order valence-electron chi connectivity index (χ1n) is 6.99. The first kappa shape index (κ1) is 14.5. The molecule has 1 fully saturated rings.